The molecule has 0 saturated heterocycles. The predicted molar refractivity (Wildman–Crippen MR) is 140 cm³/mol. The molecule has 38 heavy (non-hydrogen) atoms. The Labute approximate surface area is 226 Å². The first kappa shape index (κ1) is 28.1. The van der Waals surface area contributed by atoms with Crippen molar-refractivity contribution in [2.75, 3.05) is 21.1 Å². The van der Waals surface area contributed by atoms with Crippen LogP contribution < -0.4 is 5.73 Å². The number of aliphatic hydroxyl groups excluding tert-OH is 2. The Bertz CT molecular complexity index is 1300. The van der Waals surface area contributed by atoms with Gasteiger partial charge < -0.3 is 26.2 Å². The van der Waals surface area contributed by atoms with Gasteiger partial charge in [-0.2, -0.15) is 0 Å². The molecular weight excluding hydrogens is 514 g/mol. The second-order valence-electron chi connectivity index (χ2n) is 10.9. The van der Waals surface area contributed by atoms with Crippen LogP contribution in [-0.2, 0) is 22.6 Å². The fourth-order valence-electron chi connectivity index (χ4n) is 6.20. The molecule has 6 N–H and O–H groups in total. The summed E-state index contributed by atoms with van der Waals surface area (Å²) < 4.78 is 0. The SMILES string of the molecule is CCC(C)N(C)Cc1cc(O)c2c(c1Cl)C[C@H]1C[C@H]3[C@H](N(C)C)C(O)=C(C(N)=O)C(=O)[C@@]3(O)C(O)=C1C2=O. The van der Waals surface area contributed by atoms with Gasteiger partial charge in [-0.1, -0.05) is 18.5 Å². The summed E-state index contributed by atoms with van der Waals surface area (Å²) in [5.41, 5.74) is 2.63. The summed E-state index contributed by atoms with van der Waals surface area (Å²) in [4.78, 5) is 42.7. The number of phenolic OH excluding ortho intramolecular Hbond substituents is 1. The number of nitrogens with two attached hydrogens (primary N) is 1. The molecular formula is C27H34ClN3O7. The highest BCUT2D eigenvalue weighted by molar-refractivity contribution is 6.33. The van der Waals surface area contributed by atoms with Gasteiger partial charge in [-0.3, -0.25) is 24.2 Å². The number of likely N-dealkylation sites (N-methyl/N-ethyl adjacent to an activating group) is 1. The van der Waals surface area contributed by atoms with Gasteiger partial charge >= 0.3 is 0 Å². The second kappa shape index (κ2) is 9.68. The molecule has 0 fully saturated rings. The lowest BCUT2D eigenvalue weighted by molar-refractivity contribution is -0.148. The Morgan fingerprint density at radius 2 is 1.87 bits per heavy atom. The van der Waals surface area contributed by atoms with Crippen LogP contribution in [0.15, 0.2) is 28.7 Å². The van der Waals surface area contributed by atoms with E-state index in [0.717, 1.165) is 6.42 Å². The average Bonchev–Trinajstić information content (AvgIpc) is 2.83. The number of allylic oxidation sites excluding steroid dienone is 1. The Morgan fingerprint density at radius 1 is 1.24 bits per heavy atom. The molecule has 3 aliphatic carbocycles. The number of rotatable bonds is 6. The summed E-state index contributed by atoms with van der Waals surface area (Å²) in [7, 11) is 5.11. The lowest BCUT2D eigenvalue weighted by Gasteiger charge is -2.50. The number of phenols is 1. The minimum Gasteiger partial charge on any atom is -0.510 e. The molecule has 0 heterocycles. The number of halogens is 1. The molecule has 5 atom stereocenters. The molecule has 11 heteroatoms. The van der Waals surface area contributed by atoms with E-state index in [9.17, 15) is 34.8 Å². The Morgan fingerprint density at radius 3 is 2.42 bits per heavy atom. The van der Waals surface area contributed by atoms with Gasteiger partial charge in [0.15, 0.2) is 11.4 Å². The van der Waals surface area contributed by atoms with Gasteiger partial charge in [-0.25, -0.2) is 0 Å². The van der Waals surface area contributed by atoms with E-state index in [1.165, 1.54) is 11.0 Å². The van der Waals surface area contributed by atoms with E-state index in [-0.39, 0.29) is 35.8 Å². The van der Waals surface area contributed by atoms with Crippen molar-refractivity contribution in [3.63, 3.8) is 0 Å². The standard InChI is InChI=1S/C27H34ClN3O7/c1-6-11(2)31(5)10-13-9-16(32)18-14(20(13)28)7-12-8-15-21(30(3)4)23(34)19(26(29)37)25(36)27(15,38)24(35)17(12)22(18)33/h9,11-12,15,21,32,34-35,38H,6-8,10H2,1-5H3,(H2,29,37)/t11?,12-,15-,21-,27-/m0/s1. The van der Waals surface area contributed by atoms with Gasteiger partial charge in [0.1, 0.15) is 22.8 Å². The van der Waals surface area contributed by atoms with Crippen molar-refractivity contribution in [1.82, 2.24) is 9.80 Å². The number of benzene rings is 1. The molecule has 0 saturated carbocycles. The number of fused-ring (bicyclic) bond motifs is 3. The van der Waals surface area contributed by atoms with Crippen molar-refractivity contribution in [3.8, 4) is 5.75 Å². The predicted octanol–water partition coefficient (Wildman–Crippen LogP) is 2.00. The minimum absolute atomic E-state index is 0.0137. The maximum Gasteiger partial charge on any atom is 0.255 e. The third-order valence-corrected chi connectivity index (χ3v) is 8.96. The van der Waals surface area contributed by atoms with E-state index in [4.69, 9.17) is 17.3 Å². The van der Waals surface area contributed by atoms with Crippen LogP contribution in [0.2, 0.25) is 5.02 Å². The van der Waals surface area contributed by atoms with E-state index in [0.29, 0.717) is 22.7 Å². The molecule has 10 nitrogen and oxygen atoms in total. The summed E-state index contributed by atoms with van der Waals surface area (Å²) in [5.74, 6) is -6.84. The lowest BCUT2D eigenvalue weighted by Crippen LogP contribution is -2.63. The van der Waals surface area contributed by atoms with E-state index in [2.05, 4.69) is 18.7 Å². The average molecular weight is 548 g/mol. The number of carbonyl (C=O) groups is 3. The van der Waals surface area contributed by atoms with E-state index in [1.807, 2.05) is 7.05 Å². The number of Topliss-reactive ketones (excluding diaryl/α,β-unsaturated/α-hetero) is 2. The maximum atomic E-state index is 13.7. The molecule has 0 radical (unpaired) electrons. The van der Waals surface area contributed by atoms with Crippen molar-refractivity contribution in [2.24, 2.45) is 17.6 Å². The monoisotopic (exact) mass is 547 g/mol. The molecule has 3 aliphatic rings. The molecule has 0 aliphatic heterocycles. The van der Waals surface area contributed by atoms with Crippen LogP contribution in [0.1, 0.15) is 48.2 Å². The Balaban J connectivity index is 1.87. The summed E-state index contributed by atoms with van der Waals surface area (Å²) in [6, 6.07) is 0.641. The third kappa shape index (κ3) is 3.93. The second-order valence-corrected chi connectivity index (χ2v) is 11.2. The van der Waals surface area contributed by atoms with Gasteiger partial charge in [-0.15, -0.1) is 0 Å². The molecule has 1 aromatic rings. The summed E-state index contributed by atoms with van der Waals surface area (Å²) in [5, 5.41) is 45.0. The van der Waals surface area contributed by atoms with Gasteiger partial charge in [0.2, 0.25) is 5.78 Å². The van der Waals surface area contributed by atoms with Gasteiger partial charge in [0.05, 0.1) is 11.6 Å². The fourth-order valence-corrected chi connectivity index (χ4v) is 6.49. The van der Waals surface area contributed by atoms with Crippen molar-refractivity contribution < 1.29 is 34.8 Å². The van der Waals surface area contributed by atoms with Crippen molar-refractivity contribution in [2.45, 2.75) is 57.3 Å². The molecule has 0 aromatic heterocycles. The number of ketones is 2. The zero-order valence-corrected chi connectivity index (χ0v) is 22.8. The number of carbonyl (C=O) groups excluding carboxylic acids is 3. The van der Waals surface area contributed by atoms with E-state index in [1.54, 1.807) is 14.1 Å². The van der Waals surface area contributed by atoms with Crippen LogP contribution in [0, 0.1) is 11.8 Å². The van der Waals surface area contributed by atoms with Gasteiger partial charge in [0.25, 0.3) is 5.91 Å². The van der Waals surface area contributed by atoms with E-state index >= 15 is 0 Å². The topological polar surface area (TPSA) is 165 Å². The van der Waals surface area contributed by atoms with Crippen molar-refractivity contribution in [3.05, 3.63) is 50.4 Å². The van der Waals surface area contributed by atoms with Crippen molar-refractivity contribution >= 4 is 29.1 Å². The Kier molecular flexibility index (Phi) is 7.15. The molecule has 1 aromatic carbocycles. The first-order chi connectivity index (χ1) is 17.7. The first-order valence-corrected chi connectivity index (χ1v) is 12.9. The van der Waals surface area contributed by atoms with Crippen molar-refractivity contribution in [1.29, 1.82) is 0 Å². The quantitative estimate of drug-likeness (QED) is 0.335. The molecule has 4 rings (SSSR count). The highest BCUT2D eigenvalue weighted by atomic mass is 35.5. The first-order valence-electron chi connectivity index (χ1n) is 12.6. The lowest BCUT2D eigenvalue weighted by atomic mass is 9.58. The van der Waals surface area contributed by atoms with Crippen LogP contribution in [0.5, 0.6) is 5.75 Å². The molecule has 0 bridgehead atoms. The van der Waals surface area contributed by atoms with Crippen LogP contribution in [-0.4, -0.2) is 86.5 Å². The molecule has 1 amide bonds. The Hall–Kier alpha value is -2.92. The number of aromatic hydroxyl groups is 1. The fraction of sp³-hybridized carbons (Fsp3) is 0.519. The third-order valence-electron chi connectivity index (χ3n) is 8.49. The largest absolute Gasteiger partial charge is 0.510 e. The minimum atomic E-state index is -2.66. The van der Waals surface area contributed by atoms with Gasteiger partial charge in [-0.05, 0) is 70.4 Å². The number of hydrogen-bond donors (Lipinski definition) is 5. The zero-order chi connectivity index (χ0) is 28.4. The number of nitrogens with zero attached hydrogens (tertiary/aromatic N) is 2. The summed E-state index contributed by atoms with van der Waals surface area (Å²) in [6.45, 7) is 4.57. The maximum absolute atomic E-state index is 13.7. The normalized spacial score (nSPS) is 28.0. The zero-order valence-electron chi connectivity index (χ0n) is 22.1. The van der Waals surface area contributed by atoms with E-state index < -0.39 is 58.0 Å². The van der Waals surface area contributed by atoms with Crippen LogP contribution >= 0.6 is 11.6 Å². The summed E-state index contributed by atoms with van der Waals surface area (Å²) >= 11 is 6.79. The number of primary amides is 1. The van der Waals surface area contributed by atoms with Gasteiger partial charge in [0, 0.05) is 29.1 Å². The molecule has 0 spiro atoms. The number of aliphatic hydroxyl groups is 3. The molecule has 1 unspecified atom stereocenters. The highest BCUT2D eigenvalue weighted by Gasteiger charge is 2.63. The van der Waals surface area contributed by atoms with Crippen LogP contribution in [0.4, 0.5) is 0 Å². The highest BCUT2D eigenvalue weighted by Crippen LogP contribution is 2.53. The molecule has 206 valence electrons. The summed E-state index contributed by atoms with van der Waals surface area (Å²) in [6.07, 6.45) is 1.08. The van der Waals surface area contributed by atoms with Crippen LogP contribution in [0.25, 0.3) is 0 Å². The number of hydrogen-bond acceptors (Lipinski definition) is 9. The number of amides is 1. The van der Waals surface area contributed by atoms with Crippen LogP contribution in [0.3, 0.4) is 0 Å². The smallest absolute Gasteiger partial charge is 0.255 e.